The van der Waals surface area contributed by atoms with Gasteiger partial charge in [0.2, 0.25) is 0 Å². The van der Waals surface area contributed by atoms with E-state index < -0.39 is 0 Å². The number of hydrogen-bond donors (Lipinski definition) is 2. The normalized spacial score (nSPS) is 25.5. The van der Waals surface area contributed by atoms with Gasteiger partial charge in [-0.1, -0.05) is 30.3 Å². The van der Waals surface area contributed by atoms with Crippen molar-refractivity contribution in [2.24, 2.45) is 0 Å². The first-order valence-corrected chi connectivity index (χ1v) is 6.63. The average Bonchev–Trinajstić information content (AvgIpc) is 2.29. The van der Waals surface area contributed by atoms with Crippen molar-refractivity contribution in [3.05, 3.63) is 35.9 Å². The molecule has 2 heteroatoms. The molecule has 0 amide bonds. The highest BCUT2D eigenvalue weighted by molar-refractivity contribution is 5.18. The van der Waals surface area contributed by atoms with Crippen LogP contribution >= 0.6 is 0 Å². The Morgan fingerprint density at radius 3 is 2.65 bits per heavy atom. The molecule has 1 aromatic carbocycles. The van der Waals surface area contributed by atoms with Crippen LogP contribution < -0.4 is 10.6 Å². The Labute approximate surface area is 105 Å². The van der Waals surface area contributed by atoms with Crippen LogP contribution in [0.5, 0.6) is 0 Å². The lowest BCUT2D eigenvalue weighted by Crippen LogP contribution is -2.52. The van der Waals surface area contributed by atoms with E-state index in [1.165, 1.54) is 18.4 Å². The van der Waals surface area contributed by atoms with Crippen molar-refractivity contribution in [2.75, 3.05) is 6.54 Å². The highest BCUT2D eigenvalue weighted by Gasteiger charge is 2.27. The predicted molar refractivity (Wildman–Crippen MR) is 73.1 cm³/mol. The molecule has 1 aromatic rings. The quantitative estimate of drug-likeness (QED) is 0.837. The second-order valence-corrected chi connectivity index (χ2v) is 5.80. The topological polar surface area (TPSA) is 24.1 Å². The first kappa shape index (κ1) is 12.6. The lowest BCUT2D eigenvalue weighted by molar-refractivity contribution is 0.238. The SMILES string of the molecule is CC(NC1CCNC(C)(C)C1)c1ccccc1. The Hall–Kier alpha value is -0.860. The van der Waals surface area contributed by atoms with Gasteiger partial charge in [-0.25, -0.2) is 0 Å². The standard InChI is InChI=1S/C15H24N2/c1-12(13-7-5-4-6-8-13)17-14-9-10-16-15(2,3)11-14/h4-8,12,14,16-17H,9-11H2,1-3H3. The number of hydrogen-bond acceptors (Lipinski definition) is 2. The molecule has 0 spiro atoms. The first-order chi connectivity index (χ1) is 8.07. The molecule has 2 N–H and O–H groups in total. The Balaban J connectivity index is 1.93. The van der Waals surface area contributed by atoms with Crippen LogP contribution in [0.4, 0.5) is 0 Å². The molecule has 0 bridgehead atoms. The molecule has 2 atom stereocenters. The van der Waals surface area contributed by atoms with E-state index in [0.29, 0.717) is 12.1 Å². The summed E-state index contributed by atoms with van der Waals surface area (Å²) in [6.07, 6.45) is 2.42. The van der Waals surface area contributed by atoms with Gasteiger partial charge in [-0.15, -0.1) is 0 Å². The van der Waals surface area contributed by atoms with E-state index in [1.807, 2.05) is 0 Å². The van der Waals surface area contributed by atoms with E-state index in [-0.39, 0.29) is 5.54 Å². The van der Waals surface area contributed by atoms with Gasteiger partial charge in [0.25, 0.3) is 0 Å². The highest BCUT2D eigenvalue weighted by Crippen LogP contribution is 2.21. The predicted octanol–water partition coefficient (Wildman–Crippen LogP) is 2.87. The minimum Gasteiger partial charge on any atom is -0.312 e. The number of nitrogens with one attached hydrogen (secondary N) is 2. The summed E-state index contributed by atoms with van der Waals surface area (Å²) in [4.78, 5) is 0. The third-order valence-electron chi connectivity index (χ3n) is 3.64. The summed E-state index contributed by atoms with van der Waals surface area (Å²) in [6, 6.07) is 11.8. The van der Waals surface area contributed by atoms with Gasteiger partial charge in [0.1, 0.15) is 0 Å². The van der Waals surface area contributed by atoms with Gasteiger partial charge in [0.15, 0.2) is 0 Å². The van der Waals surface area contributed by atoms with Crippen LogP contribution in [-0.4, -0.2) is 18.1 Å². The van der Waals surface area contributed by atoms with E-state index in [4.69, 9.17) is 0 Å². The summed E-state index contributed by atoms with van der Waals surface area (Å²) in [5.74, 6) is 0. The highest BCUT2D eigenvalue weighted by atomic mass is 15.0. The van der Waals surface area contributed by atoms with Gasteiger partial charge in [0.05, 0.1) is 0 Å². The van der Waals surface area contributed by atoms with Crippen molar-refractivity contribution in [1.82, 2.24) is 10.6 Å². The molecule has 0 aliphatic carbocycles. The third kappa shape index (κ3) is 3.55. The van der Waals surface area contributed by atoms with Crippen molar-refractivity contribution in [2.45, 2.75) is 51.2 Å². The Morgan fingerprint density at radius 1 is 1.29 bits per heavy atom. The van der Waals surface area contributed by atoms with Gasteiger partial charge in [-0.05, 0) is 45.7 Å². The fourth-order valence-electron chi connectivity index (χ4n) is 2.71. The van der Waals surface area contributed by atoms with Crippen molar-refractivity contribution < 1.29 is 0 Å². The smallest absolute Gasteiger partial charge is 0.0294 e. The second-order valence-electron chi connectivity index (χ2n) is 5.80. The maximum atomic E-state index is 3.75. The van der Waals surface area contributed by atoms with Crippen LogP contribution in [0.15, 0.2) is 30.3 Å². The summed E-state index contributed by atoms with van der Waals surface area (Å²) < 4.78 is 0. The largest absolute Gasteiger partial charge is 0.312 e. The molecule has 1 aliphatic rings. The van der Waals surface area contributed by atoms with Gasteiger partial charge in [-0.3, -0.25) is 0 Å². The molecular weight excluding hydrogens is 208 g/mol. The molecule has 1 fully saturated rings. The summed E-state index contributed by atoms with van der Waals surface area (Å²) >= 11 is 0. The summed E-state index contributed by atoms with van der Waals surface area (Å²) in [5, 5.41) is 7.31. The maximum Gasteiger partial charge on any atom is 0.0294 e. The third-order valence-corrected chi connectivity index (χ3v) is 3.64. The summed E-state index contributed by atoms with van der Waals surface area (Å²) in [7, 11) is 0. The first-order valence-electron chi connectivity index (χ1n) is 6.63. The van der Waals surface area contributed by atoms with Crippen molar-refractivity contribution in [3.8, 4) is 0 Å². The zero-order valence-electron chi connectivity index (χ0n) is 11.2. The molecule has 94 valence electrons. The van der Waals surface area contributed by atoms with E-state index in [1.54, 1.807) is 0 Å². The van der Waals surface area contributed by atoms with Crippen molar-refractivity contribution in [1.29, 1.82) is 0 Å². The lowest BCUT2D eigenvalue weighted by atomic mass is 9.89. The fraction of sp³-hybridized carbons (Fsp3) is 0.600. The Kier molecular flexibility index (Phi) is 3.85. The minimum absolute atomic E-state index is 0.270. The number of piperidine rings is 1. The van der Waals surface area contributed by atoms with E-state index in [0.717, 1.165) is 6.54 Å². The van der Waals surface area contributed by atoms with E-state index >= 15 is 0 Å². The molecule has 0 saturated carbocycles. The van der Waals surface area contributed by atoms with Crippen LogP contribution in [0, 0.1) is 0 Å². The molecule has 0 aromatic heterocycles. The average molecular weight is 232 g/mol. The van der Waals surface area contributed by atoms with Crippen molar-refractivity contribution >= 4 is 0 Å². The lowest BCUT2D eigenvalue weighted by Gasteiger charge is -2.38. The van der Waals surface area contributed by atoms with Crippen LogP contribution in [0.1, 0.15) is 45.2 Å². The molecule has 0 radical (unpaired) electrons. The monoisotopic (exact) mass is 232 g/mol. The van der Waals surface area contributed by atoms with E-state index in [2.05, 4.69) is 61.7 Å². The second kappa shape index (κ2) is 5.19. The fourth-order valence-corrected chi connectivity index (χ4v) is 2.71. The molecule has 1 heterocycles. The summed E-state index contributed by atoms with van der Waals surface area (Å²) in [6.45, 7) is 7.94. The summed E-state index contributed by atoms with van der Waals surface area (Å²) in [5.41, 5.74) is 1.65. The molecule has 2 nitrogen and oxygen atoms in total. The van der Waals surface area contributed by atoms with Gasteiger partial charge in [-0.2, -0.15) is 0 Å². The minimum atomic E-state index is 0.270. The van der Waals surface area contributed by atoms with Gasteiger partial charge in [0, 0.05) is 17.6 Å². The zero-order valence-corrected chi connectivity index (χ0v) is 11.2. The maximum absolute atomic E-state index is 3.75. The molecule has 1 aliphatic heterocycles. The van der Waals surface area contributed by atoms with E-state index in [9.17, 15) is 0 Å². The molecule has 1 saturated heterocycles. The molecule has 2 unspecified atom stereocenters. The number of rotatable bonds is 3. The van der Waals surface area contributed by atoms with Gasteiger partial charge < -0.3 is 10.6 Å². The molecule has 17 heavy (non-hydrogen) atoms. The zero-order chi connectivity index (χ0) is 12.3. The van der Waals surface area contributed by atoms with Crippen LogP contribution in [0.3, 0.4) is 0 Å². The van der Waals surface area contributed by atoms with Gasteiger partial charge >= 0.3 is 0 Å². The van der Waals surface area contributed by atoms with Crippen LogP contribution in [0.25, 0.3) is 0 Å². The van der Waals surface area contributed by atoms with Crippen LogP contribution in [-0.2, 0) is 0 Å². The van der Waals surface area contributed by atoms with Crippen molar-refractivity contribution in [3.63, 3.8) is 0 Å². The van der Waals surface area contributed by atoms with Crippen LogP contribution in [0.2, 0.25) is 0 Å². The number of benzene rings is 1. The Morgan fingerprint density at radius 2 is 2.00 bits per heavy atom. The molecule has 2 rings (SSSR count). The molecular formula is C15H24N2. The Bertz CT molecular complexity index is 345.